The first-order chi connectivity index (χ1) is 8.61. The molecule has 5 nitrogen and oxygen atoms in total. The number of nitrogens with zero attached hydrogens (tertiary/aromatic N) is 2. The number of nitrogen functional groups attached to an aromatic ring is 1. The number of anilines is 1. The summed E-state index contributed by atoms with van der Waals surface area (Å²) in [6.07, 6.45) is 2.81. The highest BCUT2D eigenvalue weighted by Crippen LogP contribution is 2.12. The minimum absolute atomic E-state index is 0.0514. The van der Waals surface area contributed by atoms with Gasteiger partial charge in [-0.3, -0.25) is 9.69 Å². The van der Waals surface area contributed by atoms with Crippen LogP contribution in [0.1, 0.15) is 30.8 Å². The lowest BCUT2D eigenvalue weighted by atomic mass is 10.2. The van der Waals surface area contributed by atoms with Crippen molar-refractivity contribution in [1.82, 2.24) is 14.8 Å². The van der Waals surface area contributed by atoms with Crippen molar-refractivity contribution >= 4 is 11.6 Å². The van der Waals surface area contributed by atoms with Crippen molar-refractivity contribution in [2.24, 2.45) is 0 Å². The van der Waals surface area contributed by atoms with Crippen LogP contribution >= 0.6 is 0 Å². The monoisotopic (exact) mass is 250 g/mol. The second-order valence-electron chi connectivity index (χ2n) is 4.93. The lowest BCUT2D eigenvalue weighted by molar-refractivity contribution is 0.0575. The topological polar surface area (TPSA) is 65.4 Å². The quantitative estimate of drug-likeness (QED) is 0.846. The predicted octanol–water partition coefficient (Wildman–Crippen LogP) is 1.15. The molecule has 1 amide bonds. The molecule has 1 atom stereocenters. The molecule has 1 aromatic rings. The molecule has 2 heterocycles. The molecule has 3 N–H and O–H groups in total. The van der Waals surface area contributed by atoms with Crippen LogP contribution in [-0.2, 0) is 0 Å². The van der Waals surface area contributed by atoms with E-state index >= 15 is 0 Å². The molecule has 0 spiro atoms. The lowest BCUT2D eigenvalue weighted by Crippen LogP contribution is -2.51. The van der Waals surface area contributed by atoms with Gasteiger partial charge < -0.3 is 15.6 Å². The van der Waals surface area contributed by atoms with E-state index < -0.39 is 0 Å². The van der Waals surface area contributed by atoms with Crippen LogP contribution in [0.4, 0.5) is 5.69 Å². The standard InChI is InChI=1S/C13H22N4O/c1-3-10(2)16-4-6-17(7-5-16)13(18)12-8-11(14)9-15-12/h8-10,15H,3-7,14H2,1-2H3. The number of aromatic nitrogens is 1. The fraction of sp³-hybridized carbons (Fsp3) is 0.615. The number of aromatic amines is 1. The van der Waals surface area contributed by atoms with E-state index in [4.69, 9.17) is 5.73 Å². The molecule has 1 fully saturated rings. The Labute approximate surface area is 108 Å². The maximum atomic E-state index is 12.2. The van der Waals surface area contributed by atoms with Gasteiger partial charge in [0.15, 0.2) is 0 Å². The zero-order valence-corrected chi connectivity index (χ0v) is 11.1. The molecular formula is C13H22N4O. The number of hydrogen-bond donors (Lipinski definition) is 2. The van der Waals surface area contributed by atoms with Crippen molar-refractivity contribution in [3.8, 4) is 0 Å². The van der Waals surface area contributed by atoms with E-state index in [0.717, 1.165) is 32.6 Å². The summed E-state index contributed by atoms with van der Waals surface area (Å²) in [7, 11) is 0. The summed E-state index contributed by atoms with van der Waals surface area (Å²) < 4.78 is 0. The van der Waals surface area contributed by atoms with Crippen LogP contribution in [0.3, 0.4) is 0 Å². The maximum Gasteiger partial charge on any atom is 0.270 e. The fourth-order valence-corrected chi connectivity index (χ4v) is 2.33. The molecule has 0 aromatic carbocycles. The predicted molar refractivity (Wildman–Crippen MR) is 72.4 cm³/mol. The molecule has 0 saturated carbocycles. The largest absolute Gasteiger partial charge is 0.397 e. The number of piperazine rings is 1. The summed E-state index contributed by atoms with van der Waals surface area (Å²) >= 11 is 0. The smallest absolute Gasteiger partial charge is 0.270 e. The van der Waals surface area contributed by atoms with Gasteiger partial charge >= 0.3 is 0 Å². The third-order valence-corrected chi connectivity index (χ3v) is 3.75. The molecule has 5 heteroatoms. The van der Waals surface area contributed by atoms with Gasteiger partial charge in [0.25, 0.3) is 5.91 Å². The van der Waals surface area contributed by atoms with Crippen LogP contribution in [0, 0.1) is 0 Å². The van der Waals surface area contributed by atoms with Gasteiger partial charge in [0.2, 0.25) is 0 Å². The highest BCUT2D eigenvalue weighted by Gasteiger charge is 2.24. The van der Waals surface area contributed by atoms with Gasteiger partial charge in [-0.2, -0.15) is 0 Å². The molecule has 0 bridgehead atoms. The Balaban J connectivity index is 1.92. The molecule has 100 valence electrons. The van der Waals surface area contributed by atoms with Crippen molar-refractivity contribution in [2.45, 2.75) is 26.3 Å². The van der Waals surface area contributed by atoms with E-state index in [-0.39, 0.29) is 5.91 Å². The lowest BCUT2D eigenvalue weighted by Gasteiger charge is -2.37. The summed E-state index contributed by atoms with van der Waals surface area (Å²) in [5.41, 5.74) is 6.81. The molecule has 0 aliphatic carbocycles. The van der Waals surface area contributed by atoms with E-state index in [1.807, 2.05) is 4.90 Å². The minimum atomic E-state index is 0.0514. The molecule has 1 aliphatic rings. The van der Waals surface area contributed by atoms with Crippen molar-refractivity contribution in [3.63, 3.8) is 0 Å². The van der Waals surface area contributed by atoms with Gasteiger partial charge in [-0.05, 0) is 19.4 Å². The maximum absolute atomic E-state index is 12.2. The Morgan fingerprint density at radius 3 is 2.61 bits per heavy atom. The molecule has 1 unspecified atom stereocenters. The van der Waals surface area contributed by atoms with Gasteiger partial charge in [0.05, 0.1) is 0 Å². The van der Waals surface area contributed by atoms with Gasteiger partial charge in [0.1, 0.15) is 5.69 Å². The summed E-state index contributed by atoms with van der Waals surface area (Å²) in [5, 5.41) is 0. The number of nitrogens with one attached hydrogen (secondary N) is 1. The average molecular weight is 250 g/mol. The summed E-state index contributed by atoms with van der Waals surface area (Å²) in [5.74, 6) is 0.0514. The molecule has 1 aromatic heterocycles. The third-order valence-electron chi connectivity index (χ3n) is 3.75. The Hall–Kier alpha value is -1.49. The van der Waals surface area contributed by atoms with Crippen LogP contribution in [0.25, 0.3) is 0 Å². The Kier molecular flexibility index (Phi) is 3.91. The van der Waals surface area contributed by atoms with E-state index in [1.165, 1.54) is 0 Å². The number of nitrogens with two attached hydrogens (primary N) is 1. The van der Waals surface area contributed by atoms with E-state index in [0.29, 0.717) is 17.4 Å². The second-order valence-corrected chi connectivity index (χ2v) is 4.93. The van der Waals surface area contributed by atoms with Gasteiger partial charge in [0, 0.05) is 44.1 Å². The number of carbonyl (C=O) groups is 1. The fourth-order valence-electron chi connectivity index (χ4n) is 2.33. The minimum Gasteiger partial charge on any atom is -0.397 e. The second kappa shape index (κ2) is 5.44. The van der Waals surface area contributed by atoms with Gasteiger partial charge in [-0.25, -0.2) is 0 Å². The number of carbonyl (C=O) groups excluding carboxylic acids is 1. The number of amides is 1. The Morgan fingerprint density at radius 2 is 2.11 bits per heavy atom. The van der Waals surface area contributed by atoms with Crippen molar-refractivity contribution in [3.05, 3.63) is 18.0 Å². The molecule has 1 aliphatic heterocycles. The van der Waals surface area contributed by atoms with Crippen molar-refractivity contribution in [1.29, 1.82) is 0 Å². The van der Waals surface area contributed by atoms with Crippen LogP contribution < -0.4 is 5.73 Å². The first-order valence-corrected chi connectivity index (χ1v) is 6.59. The summed E-state index contributed by atoms with van der Waals surface area (Å²) in [4.78, 5) is 19.4. The van der Waals surface area contributed by atoms with Crippen LogP contribution in [0.2, 0.25) is 0 Å². The number of hydrogen-bond acceptors (Lipinski definition) is 3. The zero-order valence-electron chi connectivity index (χ0n) is 11.1. The third kappa shape index (κ3) is 2.67. The Morgan fingerprint density at radius 1 is 1.44 bits per heavy atom. The van der Waals surface area contributed by atoms with Gasteiger partial charge in [-0.1, -0.05) is 6.92 Å². The van der Waals surface area contributed by atoms with Crippen molar-refractivity contribution in [2.75, 3.05) is 31.9 Å². The first-order valence-electron chi connectivity index (χ1n) is 6.59. The first kappa shape index (κ1) is 13.0. The highest BCUT2D eigenvalue weighted by atomic mass is 16.2. The van der Waals surface area contributed by atoms with Crippen molar-refractivity contribution < 1.29 is 4.79 Å². The Bertz CT molecular complexity index is 407. The van der Waals surface area contributed by atoms with E-state index in [1.54, 1.807) is 12.3 Å². The number of H-pyrrole nitrogens is 1. The SMILES string of the molecule is CCC(C)N1CCN(C(=O)c2cc(N)c[nH]2)CC1. The normalized spacial score (nSPS) is 18.9. The van der Waals surface area contributed by atoms with E-state index in [2.05, 4.69) is 23.7 Å². The zero-order chi connectivity index (χ0) is 13.1. The van der Waals surface area contributed by atoms with Crippen LogP contribution in [-0.4, -0.2) is 52.9 Å². The molecule has 18 heavy (non-hydrogen) atoms. The van der Waals surface area contributed by atoms with Crippen LogP contribution in [0.5, 0.6) is 0 Å². The summed E-state index contributed by atoms with van der Waals surface area (Å²) in [6, 6.07) is 2.30. The van der Waals surface area contributed by atoms with Crippen LogP contribution in [0.15, 0.2) is 12.3 Å². The average Bonchev–Trinajstić information content (AvgIpc) is 2.84. The number of rotatable bonds is 3. The van der Waals surface area contributed by atoms with E-state index in [9.17, 15) is 4.79 Å². The molecule has 0 radical (unpaired) electrons. The van der Waals surface area contributed by atoms with Gasteiger partial charge in [-0.15, -0.1) is 0 Å². The highest BCUT2D eigenvalue weighted by molar-refractivity contribution is 5.93. The molecular weight excluding hydrogens is 228 g/mol. The molecule has 1 saturated heterocycles. The summed E-state index contributed by atoms with van der Waals surface area (Å²) in [6.45, 7) is 7.94. The molecule has 2 rings (SSSR count).